The maximum Gasteiger partial charge on any atom is 0.491 e. The van der Waals surface area contributed by atoms with Crippen molar-refractivity contribution in [2.45, 2.75) is 16.4 Å². The molecular formula is C9H9F3N2O5S2. The van der Waals surface area contributed by atoms with E-state index in [-0.39, 0.29) is 4.21 Å². The van der Waals surface area contributed by atoms with Gasteiger partial charge in [0.25, 0.3) is 10.0 Å². The first-order valence-corrected chi connectivity index (χ1v) is 7.53. The average Bonchev–Trinajstić information content (AvgIpc) is 2.89. The summed E-state index contributed by atoms with van der Waals surface area (Å²) in [6, 6.07) is 0.818. The summed E-state index contributed by atoms with van der Waals surface area (Å²) in [5.74, 6) is -4.48. The molecule has 1 rings (SSSR count). The van der Waals surface area contributed by atoms with Gasteiger partial charge in [-0.1, -0.05) is 6.07 Å². The van der Waals surface area contributed by atoms with Crippen molar-refractivity contribution < 1.29 is 35.9 Å². The van der Waals surface area contributed by atoms with Crippen LogP contribution in [0.4, 0.5) is 13.2 Å². The number of thiophene rings is 1. The Morgan fingerprint density at radius 2 is 2.05 bits per heavy atom. The number of rotatable bonds is 5. The number of hydrogen-bond acceptors (Lipinski definition) is 7. The van der Waals surface area contributed by atoms with Crippen molar-refractivity contribution in [1.29, 1.82) is 0 Å². The molecule has 7 nitrogen and oxygen atoms in total. The van der Waals surface area contributed by atoms with E-state index in [1.54, 1.807) is 4.72 Å². The molecule has 3 N–H and O–H groups in total. The second kappa shape index (κ2) is 6.51. The monoisotopic (exact) mass is 346 g/mol. The van der Waals surface area contributed by atoms with Gasteiger partial charge in [-0.25, -0.2) is 18.0 Å². The first-order valence-electron chi connectivity index (χ1n) is 5.16. The van der Waals surface area contributed by atoms with Crippen LogP contribution in [0.3, 0.4) is 0 Å². The largest absolute Gasteiger partial charge is 0.491 e. The van der Waals surface area contributed by atoms with E-state index in [1.165, 1.54) is 17.5 Å². The van der Waals surface area contributed by atoms with Gasteiger partial charge in [0, 0.05) is 6.54 Å². The number of alkyl halides is 3. The molecule has 0 unspecified atom stereocenters. The summed E-state index contributed by atoms with van der Waals surface area (Å²) in [7, 11) is -4.15. The summed E-state index contributed by atoms with van der Waals surface area (Å²) >= 11 is 0.822. The smallest absolute Gasteiger partial charge is 0.385 e. The molecule has 12 heteroatoms. The van der Waals surface area contributed by atoms with Crippen molar-refractivity contribution in [3.05, 3.63) is 17.5 Å². The summed E-state index contributed by atoms with van der Waals surface area (Å²) in [6.45, 7) is -0.686. The summed E-state index contributed by atoms with van der Waals surface area (Å²) in [4.78, 5) is 21.8. The topological polar surface area (TPSA) is 116 Å². The van der Waals surface area contributed by atoms with Gasteiger partial charge in [-0.15, -0.1) is 11.3 Å². The molecule has 118 valence electrons. The fourth-order valence-electron chi connectivity index (χ4n) is 1.07. The second-order valence-electron chi connectivity index (χ2n) is 3.55. The molecule has 21 heavy (non-hydrogen) atoms. The van der Waals surface area contributed by atoms with E-state index < -0.39 is 40.7 Å². The average molecular weight is 346 g/mol. The van der Waals surface area contributed by atoms with Crippen molar-refractivity contribution in [2.75, 3.05) is 6.54 Å². The molecule has 1 aromatic rings. The first-order chi connectivity index (χ1) is 9.58. The third-order valence-corrected chi connectivity index (χ3v) is 4.87. The maximum absolute atomic E-state index is 11.9. The molecule has 0 saturated carbocycles. The Morgan fingerprint density at radius 3 is 2.48 bits per heavy atom. The van der Waals surface area contributed by atoms with E-state index in [0.717, 1.165) is 11.3 Å². The van der Waals surface area contributed by atoms with Gasteiger partial charge in [0.05, 0.1) is 0 Å². The normalized spacial score (nSPS) is 13.7. The van der Waals surface area contributed by atoms with Crippen LogP contribution in [-0.4, -0.2) is 39.1 Å². The molecule has 0 aliphatic rings. The summed E-state index contributed by atoms with van der Waals surface area (Å²) < 4.78 is 64.5. The maximum atomic E-state index is 11.9. The van der Waals surface area contributed by atoms with E-state index >= 15 is 0 Å². The number of halogens is 3. The number of nitrogens with one attached hydrogen (secondary N) is 1. The molecule has 0 aliphatic carbocycles. The van der Waals surface area contributed by atoms with E-state index in [1.807, 2.05) is 0 Å². The van der Waals surface area contributed by atoms with Crippen LogP contribution in [0.5, 0.6) is 0 Å². The number of sulfonamides is 1. The Balaban J connectivity index is 2.80. The molecule has 0 bridgehead atoms. The van der Waals surface area contributed by atoms with Gasteiger partial charge in [0.1, 0.15) is 10.3 Å². The molecule has 1 heterocycles. The summed E-state index contributed by atoms with van der Waals surface area (Å²) in [5.41, 5.74) is 5.10. The number of esters is 2. The van der Waals surface area contributed by atoms with E-state index in [9.17, 15) is 31.2 Å². The predicted octanol–water partition coefficient (Wildman–Crippen LogP) is -0.0142. The Hall–Kier alpha value is -1.50. The molecule has 0 saturated heterocycles. The minimum Gasteiger partial charge on any atom is -0.385 e. The minimum absolute atomic E-state index is 0.170. The lowest BCUT2D eigenvalue weighted by atomic mass is 10.3. The molecular weight excluding hydrogens is 337 g/mol. The van der Waals surface area contributed by atoms with Crippen LogP contribution in [-0.2, 0) is 24.3 Å². The van der Waals surface area contributed by atoms with E-state index in [4.69, 9.17) is 5.73 Å². The number of carbonyl (C=O) groups excluding carboxylic acids is 2. The predicted molar refractivity (Wildman–Crippen MR) is 64.6 cm³/mol. The van der Waals surface area contributed by atoms with Crippen LogP contribution in [0.25, 0.3) is 0 Å². The number of nitrogens with two attached hydrogens (primary N) is 1. The second-order valence-corrected chi connectivity index (χ2v) is 6.44. The van der Waals surface area contributed by atoms with Gasteiger partial charge in [-0.3, -0.25) is 0 Å². The van der Waals surface area contributed by atoms with Crippen molar-refractivity contribution in [3.8, 4) is 0 Å². The van der Waals surface area contributed by atoms with Crippen LogP contribution in [0.2, 0.25) is 0 Å². The quantitative estimate of drug-likeness (QED) is 0.572. The van der Waals surface area contributed by atoms with E-state index in [2.05, 4.69) is 4.74 Å². The standard InChI is InChI=1S/C9H9F3N2O5S2/c10-9(11,12)8(16)19-7(15)5(4-13)14-21(17,18)6-2-1-3-20-6/h1-3,5,14H,4,13H2/t5-/m0/s1. The molecule has 0 aliphatic heterocycles. The third kappa shape index (κ3) is 4.77. The summed E-state index contributed by atoms with van der Waals surface area (Å²) in [6.07, 6.45) is -5.37. The molecule has 1 aromatic heterocycles. The lowest BCUT2D eigenvalue weighted by Gasteiger charge is -2.15. The Kier molecular flexibility index (Phi) is 5.44. The number of carbonyl (C=O) groups is 2. The first kappa shape index (κ1) is 17.6. The molecule has 0 fully saturated rings. The van der Waals surface area contributed by atoms with Crippen LogP contribution in [0.1, 0.15) is 0 Å². The highest BCUT2D eigenvalue weighted by Gasteiger charge is 2.43. The molecule has 0 amide bonds. The summed E-state index contributed by atoms with van der Waals surface area (Å²) in [5, 5.41) is 1.44. The zero-order valence-electron chi connectivity index (χ0n) is 10.1. The Bertz CT molecular complexity index is 612. The fourth-order valence-corrected chi connectivity index (χ4v) is 3.28. The van der Waals surface area contributed by atoms with Gasteiger partial charge >= 0.3 is 18.1 Å². The van der Waals surface area contributed by atoms with Crippen molar-refractivity contribution in [3.63, 3.8) is 0 Å². The van der Waals surface area contributed by atoms with Gasteiger partial charge in [0.2, 0.25) is 0 Å². The third-order valence-electron chi connectivity index (χ3n) is 2.00. The van der Waals surface area contributed by atoms with Crippen LogP contribution < -0.4 is 10.5 Å². The van der Waals surface area contributed by atoms with E-state index in [0.29, 0.717) is 0 Å². The Morgan fingerprint density at radius 1 is 1.43 bits per heavy atom. The zero-order chi connectivity index (χ0) is 16.3. The highest BCUT2D eigenvalue weighted by Crippen LogP contribution is 2.18. The van der Waals surface area contributed by atoms with Gasteiger partial charge in [-0.2, -0.15) is 17.9 Å². The SMILES string of the molecule is NC[C@H](NS(=O)(=O)c1cccs1)C(=O)OC(=O)C(F)(F)F. The number of ether oxygens (including phenoxy) is 1. The molecule has 0 radical (unpaired) electrons. The lowest BCUT2D eigenvalue weighted by Crippen LogP contribution is -2.47. The van der Waals surface area contributed by atoms with Crippen LogP contribution in [0.15, 0.2) is 21.7 Å². The number of hydrogen-bond donors (Lipinski definition) is 2. The minimum atomic E-state index is -5.37. The van der Waals surface area contributed by atoms with Gasteiger partial charge < -0.3 is 10.5 Å². The lowest BCUT2D eigenvalue weighted by molar-refractivity contribution is -0.202. The highest BCUT2D eigenvalue weighted by molar-refractivity contribution is 7.91. The molecule has 1 atom stereocenters. The molecule has 0 aromatic carbocycles. The van der Waals surface area contributed by atoms with Crippen LogP contribution in [0, 0.1) is 0 Å². The fraction of sp³-hybridized carbons (Fsp3) is 0.333. The van der Waals surface area contributed by atoms with Crippen molar-refractivity contribution in [2.24, 2.45) is 5.73 Å². The van der Waals surface area contributed by atoms with Gasteiger partial charge in [-0.05, 0) is 11.4 Å². The van der Waals surface area contributed by atoms with Crippen molar-refractivity contribution >= 4 is 33.3 Å². The zero-order valence-corrected chi connectivity index (χ0v) is 11.7. The highest BCUT2D eigenvalue weighted by atomic mass is 32.2. The van der Waals surface area contributed by atoms with Crippen molar-refractivity contribution in [1.82, 2.24) is 4.72 Å². The van der Waals surface area contributed by atoms with Crippen LogP contribution >= 0.6 is 11.3 Å². The molecule has 0 spiro atoms. The van der Waals surface area contributed by atoms with Gasteiger partial charge in [0.15, 0.2) is 0 Å². The Labute approximate surface area is 120 Å².